The lowest BCUT2D eigenvalue weighted by molar-refractivity contribution is -0.116. The molecule has 0 unspecified atom stereocenters. The van der Waals surface area contributed by atoms with Gasteiger partial charge in [0.1, 0.15) is 5.82 Å². The van der Waals surface area contributed by atoms with Gasteiger partial charge in [0, 0.05) is 19.0 Å². The third-order valence-electron chi connectivity index (χ3n) is 3.28. The minimum atomic E-state index is 0.0288. The van der Waals surface area contributed by atoms with Gasteiger partial charge in [-0.3, -0.25) is 4.79 Å². The second-order valence-electron chi connectivity index (χ2n) is 5.83. The Kier molecular flexibility index (Phi) is 5.14. The van der Waals surface area contributed by atoms with E-state index < -0.39 is 0 Å². The van der Waals surface area contributed by atoms with Crippen LogP contribution >= 0.6 is 0 Å². The lowest BCUT2D eigenvalue weighted by Gasteiger charge is -2.11. The van der Waals surface area contributed by atoms with Crippen LogP contribution in [0.5, 0.6) is 0 Å². The Morgan fingerprint density at radius 2 is 1.95 bits per heavy atom. The number of hydrogen-bond donors (Lipinski definition) is 1. The van der Waals surface area contributed by atoms with E-state index in [0.717, 1.165) is 18.8 Å². The summed E-state index contributed by atoms with van der Waals surface area (Å²) >= 11 is 0. The molecule has 0 atom stereocenters. The summed E-state index contributed by atoms with van der Waals surface area (Å²) in [5, 5.41) is 7.18. The Morgan fingerprint density at radius 1 is 1.24 bits per heavy atom. The van der Waals surface area contributed by atoms with E-state index >= 15 is 0 Å². The van der Waals surface area contributed by atoms with Gasteiger partial charge in [-0.15, -0.1) is 0 Å². The Hall–Kier alpha value is -2.10. The van der Waals surface area contributed by atoms with Gasteiger partial charge in [-0.25, -0.2) is 4.68 Å². The van der Waals surface area contributed by atoms with Crippen LogP contribution in [0.25, 0.3) is 0 Å². The van der Waals surface area contributed by atoms with E-state index in [2.05, 4.69) is 55.5 Å². The monoisotopic (exact) mass is 285 g/mol. The molecule has 1 aromatic carbocycles. The van der Waals surface area contributed by atoms with Crippen molar-refractivity contribution < 1.29 is 4.79 Å². The highest BCUT2D eigenvalue weighted by Crippen LogP contribution is 2.11. The van der Waals surface area contributed by atoms with Crippen molar-refractivity contribution >= 4 is 11.7 Å². The Balaban J connectivity index is 1.87. The molecule has 0 aliphatic rings. The average molecular weight is 285 g/mol. The number of aryl methyl sites for hydroxylation is 2. The largest absolute Gasteiger partial charge is 0.311 e. The summed E-state index contributed by atoms with van der Waals surface area (Å²) in [5.41, 5.74) is 2.42. The standard InChI is InChI=1S/C17H23N3O/c1-13(2)12-20-16(10-11-18-20)19-17(21)9-8-15-6-4-14(3)5-7-15/h4-7,10-11,13H,8-9,12H2,1-3H3,(H,19,21). The maximum Gasteiger partial charge on any atom is 0.225 e. The molecule has 0 spiro atoms. The van der Waals surface area contributed by atoms with Crippen LogP contribution in [0.15, 0.2) is 36.5 Å². The number of benzene rings is 1. The van der Waals surface area contributed by atoms with E-state index in [1.165, 1.54) is 11.1 Å². The maximum atomic E-state index is 12.0. The first kappa shape index (κ1) is 15.3. The number of nitrogens with zero attached hydrogens (tertiary/aromatic N) is 2. The molecule has 0 saturated heterocycles. The van der Waals surface area contributed by atoms with Crippen LogP contribution in [-0.2, 0) is 17.8 Å². The molecule has 0 saturated carbocycles. The predicted molar refractivity (Wildman–Crippen MR) is 85.2 cm³/mol. The number of carbonyl (C=O) groups excluding carboxylic acids is 1. The van der Waals surface area contributed by atoms with Gasteiger partial charge in [0.05, 0.1) is 6.20 Å². The van der Waals surface area contributed by atoms with Gasteiger partial charge in [-0.05, 0) is 24.8 Å². The number of rotatable bonds is 6. The fourth-order valence-electron chi connectivity index (χ4n) is 2.15. The van der Waals surface area contributed by atoms with Crippen molar-refractivity contribution in [2.75, 3.05) is 5.32 Å². The third kappa shape index (κ3) is 4.74. The quantitative estimate of drug-likeness (QED) is 0.884. The summed E-state index contributed by atoms with van der Waals surface area (Å²) in [5.74, 6) is 1.30. The van der Waals surface area contributed by atoms with Crippen molar-refractivity contribution in [2.45, 2.75) is 40.2 Å². The molecule has 1 N–H and O–H groups in total. The smallest absolute Gasteiger partial charge is 0.225 e. The van der Waals surface area contributed by atoms with Gasteiger partial charge in [0.25, 0.3) is 0 Å². The second-order valence-corrected chi connectivity index (χ2v) is 5.83. The molecule has 4 nitrogen and oxygen atoms in total. The Morgan fingerprint density at radius 3 is 2.62 bits per heavy atom. The number of anilines is 1. The van der Waals surface area contributed by atoms with Gasteiger partial charge in [0.2, 0.25) is 5.91 Å². The van der Waals surface area contributed by atoms with E-state index in [1.807, 2.05) is 10.7 Å². The first-order valence-electron chi connectivity index (χ1n) is 7.42. The van der Waals surface area contributed by atoms with Crippen molar-refractivity contribution in [3.63, 3.8) is 0 Å². The summed E-state index contributed by atoms with van der Waals surface area (Å²) in [6.45, 7) is 7.13. The molecule has 4 heteroatoms. The van der Waals surface area contributed by atoms with Gasteiger partial charge >= 0.3 is 0 Å². The van der Waals surface area contributed by atoms with Crippen LogP contribution < -0.4 is 5.32 Å². The molecular formula is C17H23N3O. The number of hydrogen-bond acceptors (Lipinski definition) is 2. The molecule has 0 radical (unpaired) electrons. The number of carbonyl (C=O) groups is 1. The minimum absolute atomic E-state index is 0.0288. The lowest BCUT2D eigenvalue weighted by atomic mass is 10.1. The zero-order valence-electron chi connectivity index (χ0n) is 13.0. The van der Waals surface area contributed by atoms with E-state index in [4.69, 9.17) is 0 Å². The molecule has 0 fully saturated rings. The van der Waals surface area contributed by atoms with Gasteiger partial charge in [0.15, 0.2) is 0 Å². The molecule has 1 aromatic heterocycles. The molecule has 2 rings (SSSR count). The van der Waals surface area contributed by atoms with Crippen LogP contribution in [0.4, 0.5) is 5.82 Å². The molecule has 112 valence electrons. The van der Waals surface area contributed by atoms with E-state index in [9.17, 15) is 4.79 Å². The SMILES string of the molecule is Cc1ccc(CCC(=O)Nc2ccnn2CC(C)C)cc1. The number of amides is 1. The Labute approximate surface area is 126 Å². The summed E-state index contributed by atoms with van der Waals surface area (Å²) in [7, 11) is 0. The van der Waals surface area contributed by atoms with Crippen LogP contribution in [0, 0.1) is 12.8 Å². The van der Waals surface area contributed by atoms with Crippen molar-refractivity contribution in [3.8, 4) is 0 Å². The van der Waals surface area contributed by atoms with Gasteiger partial charge in [-0.2, -0.15) is 5.10 Å². The number of aromatic nitrogens is 2. The second kappa shape index (κ2) is 7.07. The van der Waals surface area contributed by atoms with E-state index in [0.29, 0.717) is 12.3 Å². The summed E-state index contributed by atoms with van der Waals surface area (Å²) in [6, 6.07) is 10.1. The Bertz CT molecular complexity index is 584. The van der Waals surface area contributed by atoms with E-state index in [1.54, 1.807) is 6.20 Å². The molecule has 2 aromatic rings. The van der Waals surface area contributed by atoms with Crippen LogP contribution in [0.1, 0.15) is 31.4 Å². The molecule has 0 bridgehead atoms. The fraction of sp³-hybridized carbons (Fsp3) is 0.412. The highest BCUT2D eigenvalue weighted by atomic mass is 16.1. The van der Waals surface area contributed by atoms with Crippen LogP contribution in [0.2, 0.25) is 0 Å². The maximum absolute atomic E-state index is 12.0. The average Bonchev–Trinajstić information content (AvgIpc) is 2.84. The summed E-state index contributed by atoms with van der Waals surface area (Å²) in [6.07, 6.45) is 2.96. The fourth-order valence-corrected chi connectivity index (χ4v) is 2.15. The summed E-state index contributed by atoms with van der Waals surface area (Å²) in [4.78, 5) is 12.0. The molecular weight excluding hydrogens is 262 g/mol. The minimum Gasteiger partial charge on any atom is -0.311 e. The molecule has 1 amide bonds. The highest BCUT2D eigenvalue weighted by Gasteiger charge is 2.08. The zero-order valence-corrected chi connectivity index (χ0v) is 13.0. The normalized spacial score (nSPS) is 10.9. The van der Waals surface area contributed by atoms with E-state index in [-0.39, 0.29) is 5.91 Å². The van der Waals surface area contributed by atoms with Crippen LogP contribution in [0.3, 0.4) is 0 Å². The van der Waals surface area contributed by atoms with Gasteiger partial charge < -0.3 is 5.32 Å². The van der Waals surface area contributed by atoms with Crippen molar-refractivity contribution in [3.05, 3.63) is 47.7 Å². The topological polar surface area (TPSA) is 46.9 Å². The lowest BCUT2D eigenvalue weighted by Crippen LogP contribution is -2.17. The molecule has 1 heterocycles. The van der Waals surface area contributed by atoms with Crippen molar-refractivity contribution in [2.24, 2.45) is 5.92 Å². The van der Waals surface area contributed by atoms with Crippen LogP contribution in [-0.4, -0.2) is 15.7 Å². The highest BCUT2D eigenvalue weighted by molar-refractivity contribution is 5.89. The predicted octanol–water partition coefficient (Wildman–Crippen LogP) is 3.42. The third-order valence-corrected chi connectivity index (χ3v) is 3.28. The number of nitrogens with one attached hydrogen (secondary N) is 1. The van der Waals surface area contributed by atoms with Gasteiger partial charge in [-0.1, -0.05) is 43.7 Å². The van der Waals surface area contributed by atoms with Crippen molar-refractivity contribution in [1.29, 1.82) is 0 Å². The molecule has 0 aliphatic carbocycles. The summed E-state index contributed by atoms with van der Waals surface area (Å²) < 4.78 is 1.84. The zero-order chi connectivity index (χ0) is 15.2. The van der Waals surface area contributed by atoms with Crippen molar-refractivity contribution in [1.82, 2.24) is 9.78 Å². The molecule has 0 aliphatic heterocycles. The molecule has 21 heavy (non-hydrogen) atoms. The first-order chi connectivity index (χ1) is 10.0. The first-order valence-corrected chi connectivity index (χ1v) is 7.42.